The third kappa shape index (κ3) is 3.31. The summed E-state index contributed by atoms with van der Waals surface area (Å²) >= 11 is 0. The molecule has 0 fully saturated rings. The predicted molar refractivity (Wildman–Crippen MR) is 133 cm³/mol. The normalized spacial score (nSPS) is 17.1. The first-order chi connectivity index (χ1) is 19.3. The van der Waals surface area contributed by atoms with Crippen molar-refractivity contribution in [3.8, 4) is 11.6 Å². The molecule has 4 nitrogen and oxygen atoms in total. The van der Waals surface area contributed by atoms with Crippen LogP contribution in [0.3, 0.4) is 0 Å². The van der Waals surface area contributed by atoms with E-state index in [9.17, 15) is 0 Å². The molecular formula is C28H30N4. The van der Waals surface area contributed by atoms with Gasteiger partial charge in [0.05, 0.1) is 37.1 Å². The van der Waals surface area contributed by atoms with Gasteiger partial charge in [-0.1, -0.05) is 77.8 Å². The maximum atomic E-state index is 8.98. The Hall–Kier alpha value is -3.40. The van der Waals surface area contributed by atoms with Gasteiger partial charge in [-0.2, -0.15) is 0 Å². The lowest BCUT2D eigenvalue weighted by Crippen LogP contribution is -2.19. The second-order valence-corrected chi connectivity index (χ2v) is 9.80. The number of rotatable bonds is 2. The summed E-state index contributed by atoms with van der Waals surface area (Å²) in [7, 11) is 0. The van der Waals surface area contributed by atoms with E-state index in [2.05, 4.69) is 4.98 Å². The fourth-order valence-electron chi connectivity index (χ4n) is 3.77. The van der Waals surface area contributed by atoms with Crippen molar-refractivity contribution in [2.75, 3.05) is 0 Å². The summed E-state index contributed by atoms with van der Waals surface area (Å²) in [6, 6.07) is -3.20. The van der Waals surface area contributed by atoms with Crippen molar-refractivity contribution in [2.24, 2.45) is 0 Å². The third-order valence-corrected chi connectivity index (χ3v) is 5.20. The van der Waals surface area contributed by atoms with Gasteiger partial charge >= 0.3 is 0 Å². The molecule has 3 heterocycles. The summed E-state index contributed by atoms with van der Waals surface area (Å²) < 4.78 is 88.5. The minimum absolute atomic E-state index is 0.0546. The van der Waals surface area contributed by atoms with E-state index in [-0.39, 0.29) is 69.7 Å². The smallest absolute Gasteiger partial charge is 0.158 e. The largest absolute Gasteiger partial charge is 0.296 e. The molecule has 0 aliphatic heterocycles. The topological polar surface area (TPSA) is 35.6 Å². The first kappa shape index (κ1) is 12.0. The van der Waals surface area contributed by atoms with Crippen LogP contribution >= 0.6 is 0 Å². The van der Waals surface area contributed by atoms with E-state index in [0.29, 0.717) is 11.4 Å². The standard InChI is InChI=1S/C28H30N4/c1-27(2,3)23-15-19-11-7-9-13-21(19)31(23)25-17-29-18-26(30-25)32-22-14-10-8-12-20(22)16-24(32)28(4,5)6/h7-18H,1-6H3/i7D,8D,9D,10D,11D,12D,13D,14D,15D,16D. The maximum Gasteiger partial charge on any atom is 0.158 e. The van der Waals surface area contributed by atoms with E-state index in [0.717, 1.165) is 0 Å². The Balaban J connectivity index is 1.97. The van der Waals surface area contributed by atoms with E-state index in [1.165, 1.54) is 21.5 Å². The third-order valence-electron chi connectivity index (χ3n) is 5.20. The van der Waals surface area contributed by atoms with E-state index < -0.39 is 35.0 Å². The number of para-hydroxylation sites is 2. The molecule has 0 N–H and O–H groups in total. The molecule has 0 saturated carbocycles. The second kappa shape index (κ2) is 7.06. The van der Waals surface area contributed by atoms with Crippen LogP contribution in [0, 0.1) is 0 Å². The van der Waals surface area contributed by atoms with E-state index in [1.54, 1.807) is 0 Å². The molecule has 3 aromatic heterocycles. The van der Waals surface area contributed by atoms with Crippen molar-refractivity contribution in [3.63, 3.8) is 0 Å². The van der Waals surface area contributed by atoms with Gasteiger partial charge in [0.15, 0.2) is 11.6 Å². The number of hydrogen-bond donors (Lipinski definition) is 0. The Morgan fingerprint density at radius 3 is 1.47 bits per heavy atom. The number of hydrogen-bond acceptors (Lipinski definition) is 2. The minimum atomic E-state index is -0.693. The highest BCUT2D eigenvalue weighted by molar-refractivity contribution is 5.84. The van der Waals surface area contributed by atoms with Gasteiger partial charge in [0.1, 0.15) is 0 Å². The summed E-state index contributed by atoms with van der Waals surface area (Å²) in [5, 5.41) is 0.116. The average Bonchev–Trinajstić information content (AvgIpc) is 3.40. The predicted octanol–water partition coefficient (Wildman–Crippen LogP) is 6.96. The molecular weight excluding hydrogens is 392 g/mol. The van der Waals surface area contributed by atoms with Crippen LogP contribution in [0.4, 0.5) is 0 Å². The summed E-state index contributed by atoms with van der Waals surface area (Å²) in [4.78, 5) is 9.22. The van der Waals surface area contributed by atoms with Crippen LogP contribution in [-0.2, 0) is 10.8 Å². The van der Waals surface area contributed by atoms with Gasteiger partial charge in [-0.05, 0) is 24.2 Å². The lowest BCUT2D eigenvalue weighted by Gasteiger charge is -2.23. The molecule has 32 heavy (non-hydrogen) atoms. The molecule has 0 saturated heterocycles. The van der Waals surface area contributed by atoms with E-state index in [4.69, 9.17) is 18.7 Å². The lowest BCUT2D eigenvalue weighted by atomic mass is 9.92. The molecule has 0 bridgehead atoms. The van der Waals surface area contributed by atoms with Gasteiger partial charge in [0.25, 0.3) is 0 Å². The molecule has 0 amide bonds. The number of nitrogens with zero attached hydrogens (tertiary/aromatic N) is 4. The first-order valence-electron chi connectivity index (χ1n) is 15.4. The Morgan fingerprint density at radius 2 is 1.06 bits per heavy atom. The highest BCUT2D eigenvalue weighted by Crippen LogP contribution is 2.34. The molecule has 0 radical (unpaired) electrons. The van der Waals surface area contributed by atoms with Gasteiger partial charge in [0, 0.05) is 33.0 Å². The fourth-order valence-corrected chi connectivity index (χ4v) is 3.77. The summed E-state index contributed by atoms with van der Waals surface area (Å²) in [5.74, 6) is 0.306. The minimum Gasteiger partial charge on any atom is -0.296 e. The molecule has 5 aromatic rings. The monoisotopic (exact) mass is 432 g/mol. The van der Waals surface area contributed by atoms with Crippen LogP contribution in [0.15, 0.2) is 72.8 Å². The van der Waals surface area contributed by atoms with Crippen molar-refractivity contribution in [1.29, 1.82) is 0 Å². The summed E-state index contributed by atoms with van der Waals surface area (Å²) in [5.41, 5.74) is -0.430. The molecule has 2 aromatic carbocycles. The fraction of sp³-hybridized carbons (Fsp3) is 0.286. The molecule has 162 valence electrons. The summed E-state index contributed by atoms with van der Waals surface area (Å²) in [6.45, 7) is 11.2. The van der Waals surface area contributed by atoms with E-state index >= 15 is 0 Å². The van der Waals surface area contributed by atoms with Gasteiger partial charge in [0.2, 0.25) is 0 Å². The molecule has 0 spiro atoms. The molecule has 0 aliphatic carbocycles. The van der Waals surface area contributed by atoms with Gasteiger partial charge in [-0.3, -0.25) is 14.1 Å². The Bertz CT molecular complexity index is 1820. The Labute approximate surface area is 203 Å². The zero-order valence-electron chi connectivity index (χ0n) is 28.9. The van der Waals surface area contributed by atoms with Gasteiger partial charge in [-0.25, -0.2) is 4.98 Å². The first-order valence-corrected chi connectivity index (χ1v) is 10.4. The number of benzene rings is 2. The van der Waals surface area contributed by atoms with Crippen LogP contribution in [0.5, 0.6) is 0 Å². The molecule has 5 rings (SSSR count). The molecule has 0 aliphatic rings. The van der Waals surface area contributed by atoms with Crippen molar-refractivity contribution in [3.05, 3.63) is 84.2 Å². The lowest BCUT2D eigenvalue weighted by molar-refractivity contribution is 0.553. The van der Waals surface area contributed by atoms with Crippen LogP contribution in [0.1, 0.15) is 66.6 Å². The van der Waals surface area contributed by atoms with Crippen molar-refractivity contribution >= 4 is 21.8 Å². The molecule has 0 unspecified atom stereocenters. The maximum absolute atomic E-state index is 8.98. The average molecular weight is 433 g/mol. The SMILES string of the molecule is [2H]c1c([2H])c([2H])c2c(c1[2H])c([2H])c(C(C)(C)C)n2-c1cncc(-n2c(C(C)(C)C)c([2H])c3c([2H])c([2H])c([2H])c([2H])c32)n1. The number of fused-ring (bicyclic) bond motifs is 2. The van der Waals surface area contributed by atoms with Gasteiger partial charge < -0.3 is 0 Å². The van der Waals surface area contributed by atoms with Crippen molar-refractivity contribution < 1.29 is 13.7 Å². The zero-order chi connectivity index (χ0) is 31.4. The highest BCUT2D eigenvalue weighted by Gasteiger charge is 2.25. The quantitative estimate of drug-likeness (QED) is 0.302. The molecule has 4 heteroatoms. The van der Waals surface area contributed by atoms with E-state index in [1.807, 2.05) is 41.5 Å². The highest BCUT2D eigenvalue weighted by atomic mass is 15.2. The van der Waals surface area contributed by atoms with Crippen LogP contribution in [0.25, 0.3) is 33.4 Å². The van der Waals surface area contributed by atoms with Crippen LogP contribution in [-0.4, -0.2) is 19.1 Å². The Morgan fingerprint density at radius 1 is 0.656 bits per heavy atom. The van der Waals surface area contributed by atoms with Gasteiger partial charge in [-0.15, -0.1) is 0 Å². The van der Waals surface area contributed by atoms with Crippen molar-refractivity contribution in [2.45, 2.75) is 52.4 Å². The second-order valence-electron chi connectivity index (χ2n) is 9.80. The molecule has 0 atom stereocenters. The Kier molecular flexibility index (Phi) is 2.65. The van der Waals surface area contributed by atoms with Crippen LogP contribution < -0.4 is 0 Å². The summed E-state index contributed by atoms with van der Waals surface area (Å²) in [6.07, 6.45) is 2.83. The number of aromatic nitrogens is 4. The zero-order valence-corrected chi connectivity index (χ0v) is 18.9. The van der Waals surface area contributed by atoms with Crippen molar-refractivity contribution in [1.82, 2.24) is 19.1 Å². The van der Waals surface area contributed by atoms with Crippen LogP contribution in [0.2, 0.25) is 0 Å².